The molecule has 4 aliphatic rings. The molecule has 1 saturated carbocycles. The van der Waals surface area contributed by atoms with Gasteiger partial charge in [-0.05, 0) is 12.8 Å². The van der Waals surface area contributed by atoms with Crippen molar-refractivity contribution in [3.05, 3.63) is 0 Å². The fourth-order valence-electron chi connectivity index (χ4n) is 5.30. The van der Waals surface area contributed by atoms with E-state index in [1.165, 1.54) is 32.1 Å². The molecule has 0 radical (unpaired) electrons. The van der Waals surface area contributed by atoms with Gasteiger partial charge >= 0.3 is 0 Å². The molecule has 1 aliphatic carbocycles. The number of nitrogens with zero attached hydrogens (tertiary/aromatic N) is 3. The van der Waals surface area contributed by atoms with Crippen LogP contribution in [0.2, 0.25) is 0 Å². The third kappa shape index (κ3) is 2.98. The molecule has 3 aliphatic heterocycles. The second-order valence-electron chi connectivity index (χ2n) is 8.05. The summed E-state index contributed by atoms with van der Waals surface area (Å²) in [6.07, 6.45) is 6.88. The number of hydrogen-bond acceptors (Lipinski definition) is 5. The average Bonchev–Trinajstić information content (AvgIpc) is 2.59. The Morgan fingerprint density at radius 3 is 2.71 bits per heavy atom. The number of hydrogen-bond donors (Lipinski definition) is 0. The molecule has 1 unspecified atom stereocenters. The van der Waals surface area contributed by atoms with Crippen molar-refractivity contribution in [1.82, 2.24) is 14.7 Å². The number of rotatable bonds is 3. The van der Waals surface area contributed by atoms with Crippen molar-refractivity contribution in [2.45, 2.75) is 49.7 Å². The maximum Gasteiger partial charge on any atom is 0.248 e. The first kappa shape index (κ1) is 16.8. The summed E-state index contributed by atoms with van der Waals surface area (Å²) >= 11 is 0. The van der Waals surface area contributed by atoms with E-state index in [1.54, 1.807) is 7.11 Å². The lowest BCUT2D eigenvalue weighted by atomic mass is 9.79. The molecule has 136 valence electrons. The zero-order valence-electron chi connectivity index (χ0n) is 14.9. The minimum atomic E-state index is 0.123. The highest BCUT2D eigenvalue weighted by Gasteiger charge is 2.55. The van der Waals surface area contributed by atoms with Crippen molar-refractivity contribution >= 4 is 5.91 Å². The van der Waals surface area contributed by atoms with Gasteiger partial charge in [0.05, 0.1) is 24.8 Å². The van der Waals surface area contributed by atoms with Gasteiger partial charge in [-0.25, -0.2) is 0 Å². The number of piperazine rings is 1. The van der Waals surface area contributed by atoms with Gasteiger partial charge in [0.25, 0.3) is 0 Å². The molecule has 0 bridgehead atoms. The van der Waals surface area contributed by atoms with Crippen LogP contribution in [0.15, 0.2) is 0 Å². The number of fused-ring (bicyclic) bond motifs is 2. The largest absolute Gasteiger partial charge is 0.378 e. The molecule has 3 heterocycles. The van der Waals surface area contributed by atoms with Crippen LogP contribution in [0.4, 0.5) is 0 Å². The highest BCUT2D eigenvalue weighted by Crippen LogP contribution is 2.39. The first-order valence-electron chi connectivity index (χ1n) is 9.57. The molecule has 1 amide bonds. The molecular weight excluding hydrogens is 306 g/mol. The van der Waals surface area contributed by atoms with Crippen LogP contribution in [0, 0.1) is 0 Å². The van der Waals surface area contributed by atoms with Crippen molar-refractivity contribution in [2.24, 2.45) is 0 Å². The summed E-state index contributed by atoms with van der Waals surface area (Å²) in [5.74, 6) is 0.123. The topological polar surface area (TPSA) is 45.2 Å². The minimum Gasteiger partial charge on any atom is -0.378 e. The van der Waals surface area contributed by atoms with Crippen LogP contribution in [0.3, 0.4) is 0 Å². The van der Waals surface area contributed by atoms with Crippen molar-refractivity contribution in [1.29, 1.82) is 0 Å². The first-order valence-corrected chi connectivity index (χ1v) is 9.57. The normalized spacial score (nSPS) is 31.7. The van der Waals surface area contributed by atoms with Gasteiger partial charge in [-0.3, -0.25) is 14.6 Å². The predicted molar refractivity (Wildman–Crippen MR) is 90.9 cm³/mol. The number of ether oxygens (including phenoxy) is 2. The molecule has 0 aromatic rings. The van der Waals surface area contributed by atoms with Gasteiger partial charge in [0.15, 0.2) is 0 Å². The molecular formula is C18H31N3O3. The lowest BCUT2D eigenvalue weighted by Gasteiger charge is -2.64. The Labute approximate surface area is 145 Å². The molecule has 4 rings (SSSR count). The SMILES string of the molecule is COCC(=O)N1CC2COCCN2C2(C1)CN(C1CCCCC1)C2. The smallest absolute Gasteiger partial charge is 0.248 e. The Hall–Kier alpha value is -0.690. The first-order chi connectivity index (χ1) is 11.7. The Morgan fingerprint density at radius 2 is 1.96 bits per heavy atom. The number of methoxy groups -OCH3 is 1. The maximum absolute atomic E-state index is 12.4. The predicted octanol–water partition coefficient (Wildman–Crippen LogP) is 0.563. The van der Waals surface area contributed by atoms with Crippen molar-refractivity contribution in [3.63, 3.8) is 0 Å². The van der Waals surface area contributed by atoms with Gasteiger partial charge in [0.1, 0.15) is 6.61 Å². The van der Waals surface area contributed by atoms with E-state index >= 15 is 0 Å². The Balaban J connectivity index is 1.46. The fourth-order valence-corrected chi connectivity index (χ4v) is 5.30. The van der Waals surface area contributed by atoms with Crippen molar-refractivity contribution < 1.29 is 14.3 Å². The van der Waals surface area contributed by atoms with Crippen LogP contribution >= 0.6 is 0 Å². The van der Waals surface area contributed by atoms with Crippen molar-refractivity contribution in [3.8, 4) is 0 Å². The van der Waals surface area contributed by atoms with E-state index in [2.05, 4.69) is 9.80 Å². The molecule has 0 aromatic carbocycles. The lowest BCUT2D eigenvalue weighted by molar-refractivity contribution is -0.182. The maximum atomic E-state index is 12.4. The molecule has 4 fully saturated rings. The van der Waals surface area contributed by atoms with E-state index in [0.717, 1.165) is 52.0 Å². The number of amides is 1. The molecule has 6 heteroatoms. The Bertz CT molecular complexity index is 460. The summed E-state index contributed by atoms with van der Waals surface area (Å²) in [6.45, 7) is 6.65. The molecule has 1 atom stereocenters. The number of carbonyl (C=O) groups is 1. The summed E-state index contributed by atoms with van der Waals surface area (Å²) in [5.41, 5.74) is 0.146. The second kappa shape index (κ2) is 6.90. The van der Waals surface area contributed by atoms with Crippen LogP contribution in [-0.4, -0.2) is 97.9 Å². The van der Waals surface area contributed by atoms with Crippen LogP contribution < -0.4 is 0 Å². The summed E-state index contributed by atoms with van der Waals surface area (Å²) in [7, 11) is 1.60. The zero-order chi connectivity index (χ0) is 16.6. The second-order valence-corrected chi connectivity index (χ2v) is 8.05. The monoisotopic (exact) mass is 337 g/mol. The molecule has 0 N–H and O–H groups in total. The highest BCUT2D eigenvalue weighted by atomic mass is 16.5. The number of carbonyl (C=O) groups excluding carboxylic acids is 1. The molecule has 1 spiro atoms. The summed E-state index contributed by atoms with van der Waals surface area (Å²) in [5, 5.41) is 0. The van der Waals surface area contributed by atoms with Crippen LogP contribution in [-0.2, 0) is 14.3 Å². The summed E-state index contributed by atoms with van der Waals surface area (Å²) < 4.78 is 10.8. The minimum absolute atomic E-state index is 0.123. The fraction of sp³-hybridized carbons (Fsp3) is 0.944. The third-order valence-corrected chi connectivity index (χ3v) is 6.46. The van der Waals surface area contributed by atoms with E-state index in [1.807, 2.05) is 4.90 Å². The van der Waals surface area contributed by atoms with Gasteiger partial charge in [0.2, 0.25) is 5.91 Å². The van der Waals surface area contributed by atoms with E-state index in [9.17, 15) is 4.79 Å². The molecule has 6 nitrogen and oxygen atoms in total. The van der Waals surface area contributed by atoms with E-state index < -0.39 is 0 Å². The lowest BCUT2D eigenvalue weighted by Crippen LogP contribution is -2.81. The van der Waals surface area contributed by atoms with E-state index in [-0.39, 0.29) is 18.1 Å². The van der Waals surface area contributed by atoms with Crippen LogP contribution in [0.5, 0.6) is 0 Å². The molecule has 3 saturated heterocycles. The average molecular weight is 337 g/mol. The standard InChI is InChI=1S/C18H31N3O3/c1-23-11-17(22)19-9-16-10-24-8-7-21(16)18(12-19)13-20(14-18)15-5-3-2-4-6-15/h15-16H,2-14H2,1H3. The molecule has 24 heavy (non-hydrogen) atoms. The molecule has 0 aromatic heterocycles. The van der Waals surface area contributed by atoms with Gasteiger partial charge in [-0.1, -0.05) is 19.3 Å². The van der Waals surface area contributed by atoms with Gasteiger partial charge in [-0.2, -0.15) is 0 Å². The van der Waals surface area contributed by atoms with E-state index in [0.29, 0.717) is 6.04 Å². The Morgan fingerprint density at radius 1 is 1.17 bits per heavy atom. The van der Waals surface area contributed by atoms with Crippen LogP contribution in [0.1, 0.15) is 32.1 Å². The third-order valence-electron chi connectivity index (χ3n) is 6.46. The van der Waals surface area contributed by atoms with E-state index in [4.69, 9.17) is 9.47 Å². The number of morpholine rings is 1. The van der Waals surface area contributed by atoms with Gasteiger partial charge in [-0.15, -0.1) is 0 Å². The zero-order valence-corrected chi connectivity index (χ0v) is 14.9. The highest BCUT2D eigenvalue weighted by molar-refractivity contribution is 5.77. The summed E-state index contributed by atoms with van der Waals surface area (Å²) in [6, 6.07) is 1.12. The number of likely N-dealkylation sites (tertiary alicyclic amines) is 1. The van der Waals surface area contributed by atoms with Crippen LogP contribution in [0.25, 0.3) is 0 Å². The van der Waals surface area contributed by atoms with Gasteiger partial charge < -0.3 is 14.4 Å². The Kier molecular flexibility index (Phi) is 4.82. The van der Waals surface area contributed by atoms with Crippen molar-refractivity contribution in [2.75, 3.05) is 59.7 Å². The quantitative estimate of drug-likeness (QED) is 0.753. The summed E-state index contributed by atoms with van der Waals surface area (Å²) in [4.78, 5) is 19.8. The van der Waals surface area contributed by atoms with Gasteiger partial charge in [0, 0.05) is 45.9 Å².